The summed E-state index contributed by atoms with van der Waals surface area (Å²) in [6.45, 7) is 5.61. The Hall–Kier alpha value is -2.12. The lowest BCUT2D eigenvalue weighted by molar-refractivity contribution is -0.132. The van der Waals surface area contributed by atoms with Gasteiger partial charge >= 0.3 is 0 Å². The fourth-order valence-electron chi connectivity index (χ4n) is 3.91. The molecule has 0 radical (unpaired) electrons. The van der Waals surface area contributed by atoms with Crippen LogP contribution in [0.1, 0.15) is 23.2 Å². The van der Waals surface area contributed by atoms with Crippen LogP contribution in [0.25, 0.3) is 0 Å². The molecule has 27 heavy (non-hydrogen) atoms. The second-order valence-corrected chi connectivity index (χ2v) is 7.39. The van der Waals surface area contributed by atoms with E-state index in [1.807, 2.05) is 4.90 Å². The van der Waals surface area contributed by atoms with Crippen LogP contribution in [-0.2, 0) is 4.79 Å². The first-order valence-electron chi connectivity index (χ1n) is 9.69. The molecule has 2 aliphatic rings. The highest BCUT2D eigenvalue weighted by Crippen LogP contribution is 2.17. The van der Waals surface area contributed by atoms with Crippen LogP contribution in [0, 0.1) is 0 Å². The highest BCUT2D eigenvalue weighted by molar-refractivity contribution is 5.96. The molecular weight excluding hydrogens is 344 g/mol. The SMILES string of the molecule is COc1cccc(C(=O)NCC(=O)N2CCN(C3CCCN(C)C3)CC2)c1. The zero-order valence-electron chi connectivity index (χ0n) is 16.3. The van der Waals surface area contributed by atoms with Crippen LogP contribution >= 0.6 is 0 Å². The quantitative estimate of drug-likeness (QED) is 0.820. The van der Waals surface area contributed by atoms with Crippen LogP contribution in [0.5, 0.6) is 5.75 Å². The molecule has 7 nitrogen and oxygen atoms in total. The molecule has 1 aromatic carbocycles. The standard InChI is InChI=1S/C20H30N4O3/c1-22-8-4-6-17(15-22)23-9-11-24(12-10-23)19(25)14-21-20(26)16-5-3-7-18(13-16)27-2/h3,5,7,13,17H,4,6,8-12,14-15H2,1-2H3,(H,21,26). The largest absolute Gasteiger partial charge is 0.497 e. The maximum Gasteiger partial charge on any atom is 0.251 e. The van der Waals surface area contributed by atoms with E-state index in [1.54, 1.807) is 31.4 Å². The molecular formula is C20H30N4O3. The number of likely N-dealkylation sites (tertiary alicyclic amines) is 1. The van der Waals surface area contributed by atoms with Gasteiger partial charge in [0.15, 0.2) is 0 Å². The number of hydrogen-bond donors (Lipinski definition) is 1. The summed E-state index contributed by atoms with van der Waals surface area (Å²) in [4.78, 5) is 31.4. The fraction of sp³-hybridized carbons (Fsp3) is 0.600. The Morgan fingerprint density at radius 1 is 1.19 bits per heavy atom. The van der Waals surface area contributed by atoms with Gasteiger partial charge in [0.05, 0.1) is 13.7 Å². The molecule has 1 unspecified atom stereocenters. The number of piperidine rings is 1. The Labute approximate surface area is 161 Å². The number of piperazine rings is 1. The van der Waals surface area contributed by atoms with E-state index in [-0.39, 0.29) is 18.4 Å². The number of carbonyl (C=O) groups excluding carboxylic acids is 2. The number of hydrogen-bond acceptors (Lipinski definition) is 5. The summed E-state index contributed by atoms with van der Waals surface area (Å²) in [6.07, 6.45) is 2.49. The molecule has 2 heterocycles. The van der Waals surface area contributed by atoms with Gasteiger partial charge in [-0.1, -0.05) is 6.07 Å². The molecule has 7 heteroatoms. The molecule has 2 amide bonds. The minimum absolute atomic E-state index is 0.0216. The number of likely N-dealkylation sites (N-methyl/N-ethyl adjacent to an activating group) is 1. The molecule has 0 aromatic heterocycles. The van der Waals surface area contributed by atoms with Crippen molar-refractivity contribution in [3.05, 3.63) is 29.8 Å². The van der Waals surface area contributed by atoms with E-state index < -0.39 is 0 Å². The van der Waals surface area contributed by atoms with E-state index in [4.69, 9.17) is 4.74 Å². The lowest BCUT2D eigenvalue weighted by Gasteiger charge is -2.42. The molecule has 1 atom stereocenters. The molecule has 1 aromatic rings. The smallest absolute Gasteiger partial charge is 0.251 e. The summed E-state index contributed by atoms with van der Waals surface area (Å²) < 4.78 is 5.13. The van der Waals surface area contributed by atoms with Gasteiger partial charge in [0.1, 0.15) is 5.75 Å². The second-order valence-electron chi connectivity index (χ2n) is 7.39. The van der Waals surface area contributed by atoms with Gasteiger partial charge < -0.3 is 19.9 Å². The first-order chi connectivity index (χ1) is 13.1. The van der Waals surface area contributed by atoms with Crippen LogP contribution in [-0.4, -0.2) is 92.5 Å². The van der Waals surface area contributed by atoms with Gasteiger partial charge in [0.25, 0.3) is 5.91 Å². The van der Waals surface area contributed by atoms with Crippen LogP contribution in [0.2, 0.25) is 0 Å². The van der Waals surface area contributed by atoms with E-state index in [2.05, 4.69) is 22.2 Å². The molecule has 148 valence electrons. The number of amides is 2. The maximum atomic E-state index is 12.5. The Balaban J connectivity index is 1.43. The lowest BCUT2D eigenvalue weighted by Crippen LogP contribution is -2.56. The van der Waals surface area contributed by atoms with Crippen molar-refractivity contribution in [3.8, 4) is 5.75 Å². The Bertz CT molecular complexity index is 658. The van der Waals surface area contributed by atoms with E-state index >= 15 is 0 Å². The zero-order chi connectivity index (χ0) is 19.2. The van der Waals surface area contributed by atoms with E-state index in [1.165, 1.54) is 19.4 Å². The van der Waals surface area contributed by atoms with Crippen LogP contribution in [0.3, 0.4) is 0 Å². The summed E-state index contributed by atoms with van der Waals surface area (Å²) >= 11 is 0. The van der Waals surface area contributed by atoms with Crippen LogP contribution in [0.15, 0.2) is 24.3 Å². The van der Waals surface area contributed by atoms with Gasteiger partial charge in [0, 0.05) is 44.3 Å². The topological polar surface area (TPSA) is 65.1 Å². The van der Waals surface area contributed by atoms with Gasteiger partial charge in [-0.2, -0.15) is 0 Å². The van der Waals surface area contributed by atoms with Crippen LogP contribution in [0.4, 0.5) is 0 Å². The highest BCUT2D eigenvalue weighted by atomic mass is 16.5. The summed E-state index contributed by atoms with van der Waals surface area (Å²) in [6, 6.07) is 7.53. The monoisotopic (exact) mass is 374 g/mol. The minimum atomic E-state index is -0.258. The second kappa shape index (κ2) is 9.19. The number of carbonyl (C=O) groups is 2. The van der Waals surface area contributed by atoms with Crippen molar-refractivity contribution in [1.29, 1.82) is 0 Å². The number of nitrogens with one attached hydrogen (secondary N) is 1. The molecule has 0 aliphatic carbocycles. The summed E-state index contributed by atoms with van der Waals surface area (Å²) in [5, 5.41) is 2.72. The number of benzene rings is 1. The number of ether oxygens (including phenoxy) is 1. The first-order valence-corrected chi connectivity index (χ1v) is 9.69. The van der Waals surface area contributed by atoms with Gasteiger partial charge in [-0.3, -0.25) is 14.5 Å². The summed E-state index contributed by atoms with van der Waals surface area (Å²) in [5.41, 5.74) is 0.494. The van der Waals surface area contributed by atoms with Crippen molar-refractivity contribution in [2.24, 2.45) is 0 Å². The molecule has 1 N–H and O–H groups in total. The van der Waals surface area contributed by atoms with Gasteiger partial charge in [-0.15, -0.1) is 0 Å². The van der Waals surface area contributed by atoms with Crippen molar-refractivity contribution >= 4 is 11.8 Å². The third kappa shape index (κ3) is 5.20. The van der Waals surface area contributed by atoms with E-state index in [0.717, 1.165) is 32.7 Å². The lowest BCUT2D eigenvalue weighted by atomic mass is 10.0. The molecule has 0 saturated carbocycles. The summed E-state index contributed by atoms with van der Waals surface area (Å²) in [5.74, 6) is 0.344. The van der Waals surface area contributed by atoms with E-state index in [9.17, 15) is 9.59 Å². The number of rotatable bonds is 5. The Morgan fingerprint density at radius 3 is 2.67 bits per heavy atom. The fourth-order valence-corrected chi connectivity index (χ4v) is 3.91. The van der Waals surface area contributed by atoms with Crippen molar-refractivity contribution in [1.82, 2.24) is 20.0 Å². The molecule has 2 fully saturated rings. The number of nitrogens with zero attached hydrogens (tertiary/aromatic N) is 3. The molecule has 2 aliphatic heterocycles. The number of methoxy groups -OCH3 is 1. The minimum Gasteiger partial charge on any atom is -0.497 e. The normalized spacial score (nSPS) is 21.7. The highest BCUT2D eigenvalue weighted by Gasteiger charge is 2.28. The molecule has 3 rings (SSSR count). The van der Waals surface area contributed by atoms with Gasteiger partial charge in [-0.05, 0) is 44.6 Å². The van der Waals surface area contributed by atoms with Crippen molar-refractivity contribution in [2.75, 3.05) is 60.0 Å². The average Bonchev–Trinajstić information content (AvgIpc) is 2.72. The zero-order valence-corrected chi connectivity index (χ0v) is 16.3. The molecule has 0 spiro atoms. The maximum absolute atomic E-state index is 12.5. The molecule has 0 bridgehead atoms. The van der Waals surface area contributed by atoms with E-state index in [0.29, 0.717) is 17.4 Å². The average molecular weight is 374 g/mol. The first kappa shape index (κ1) is 19.6. The van der Waals surface area contributed by atoms with Gasteiger partial charge in [0.2, 0.25) is 5.91 Å². The Kier molecular flexibility index (Phi) is 6.68. The summed E-state index contributed by atoms with van der Waals surface area (Å²) in [7, 11) is 3.74. The van der Waals surface area contributed by atoms with Gasteiger partial charge in [-0.25, -0.2) is 0 Å². The van der Waals surface area contributed by atoms with Crippen LogP contribution < -0.4 is 10.1 Å². The van der Waals surface area contributed by atoms with Crippen molar-refractivity contribution < 1.29 is 14.3 Å². The predicted octanol–water partition coefficient (Wildman–Crippen LogP) is 0.663. The van der Waals surface area contributed by atoms with Crippen molar-refractivity contribution in [3.63, 3.8) is 0 Å². The Morgan fingerprint density at radius 2 is 1.96 bits per heavy atom. The van der Waals surface area contributed by atoms with Crippen molar-refractivity contribution in [2.45, 2.75) is 18.9 Å². The third-order valence-electron chi connectivity index (χ3n) is 5.52. The predicted molar refractivity (Wildman–Crippen MR) is 104 cm³/mol. The molecule has 2 saturated heterocycles. The third-order valence-corrected chi connectivity index (χ3v) is 5.52.